The van der Waals surface area contributed by atoms with Gasteiger partial charge in [-0.05, 0) is 44.4 Å². The summed E-state index contributed by atoms with van der Waals surface area (Å²) < 4.78 is 0. The molecule has 0 aromatic heterocycles. The fraction of sp³-hybridized carbons (Fsp3) is 0.929. The monoisotopic (exact) mass is 273 g/mol. The molecule has 0 amide bonds. The first-order valence-electron chi connectivity index (χ1n) is 7.08. The fourth-order valence-corrected chi connectivity index (χ4v) is 4.28. The normalized spacial score (nSPS) is 27.7. The summed E-state index contributed by atoms with van der Waals surface area (Å²) in [5.41, 5.74) is -0.762. The molecule has 0 bridgehead atoms. The van der Waals surface area contributed by atoms with Crippen LogP contribution in [0.3, 0.4) is 0 Å². The van der Waals surface area contributed by atoms with Crippen molar-refractivity contribution in [1.82, 2.24) is 5.32 Å². The maximum atomic E-state index is 11.3. The Morgan fingerprint density at radius 3 is 2.78 bits per heavy atom. The van der Waals surface area contributed by atoms with Gasteiger partial charge in [0.05, 0.1) is 0 Å². The number of hydrogen-bond acceptors (Lipinski definition) is 3. The van der Waals surface area contributed by atoms with Gasteiger partial charge in [-0.2, -0.15) is 11.8 Å². The summed E-state index contributed by atoms with van der Waals surface area (Å²) in [5, 5.41) is 13.1. The highest BCUT2D eigenvalue weighted by Gasteiger charge is 2.31. The largest absolute Gasteiger partial charge is 0.480 e. The third kappa shape index (κ3) is 4.81. The molecule has 1 saturated carbocycles. The summed E-state index contributed by atoms with van der Waals surface area (Å²) in [4.78, 5) is 11.3. The van der Waals surface area contributed by atoms with E-state index < -0.39 is 11.5 Å². The minimum absolute atomic E-state index is 0.700. The molecule has 106 valence electrons. The smallest absolute Gasteiger partial charge is 0.323 e. The molecule has 3 atom stereocenters. The van der Waals surface area contributed by atoms with Crippen molar-refractivity contribution in [3.8, 4) is 0 Å². The minimum Gasteiger partial charge on any atom is -0.480 e. The molecule has 0 heterocycles. The number of rotatable bonds is 7. The number of nitrogens with one attached hydrogen (secondary N) is 1. The maximum absolute atomic E-state index is 11.3. The first-order valence-corrected chi connectivity index (χ1v) is 8.13. The van der Waals surface area contributed by atoms with Crippen LogP contribution in [-0.2, 0) is 4.79 Å². The van der Waals surface area contributed by atoms with Crippen molar-refractivity contribution in [2.75, 3.05) is 12.3 Å². The SMILES string of the molecule is CCNC(C)(CCSC1CCCC(C)C1)C(=O)O. The van der Waals surface area contributed by atoms with Gasteiger partial charge in [-0.25, -0.2) is 0 Å². The van der Waals surface area contributed by atoms with Crippen molar-refractivity contribution in [3.63, 3.8) is 0 Å². The van der Waals surface area contributed by atoms with Gasteiger partial charge in [-0.3, -0.25) is 4.79 Å². The highest BCUT2D eigenvalue weighted by atomic mass is 32.2. The molecule has 1 aliphatic carbocycles. The number of likely N-dealkylation sites (N-methyl/N-ethyl adjacent to an activating group) is 1. The lowest BCUT2D eigenvalue weighted by atomic mass is 9.91. The molecule has 0 aromatic rings. The van der Waals surface area contributed by atoms with E-state index in [1.807, 2.05) is 18.7 Å². The van der Waals surface area contributed by atoms with Crippen LogP contribution >= 0.6 is 11.8 Å². The Kier molecular flexibility index (Phi) is 6.50. The van der Waals surface area contributed by atoms with Gasteiger partial charge in [-0.1, -0.05) is 26.7 Å². The number of carboxylic acids is 1. The maximum Gasteiger partial charge on any atom is 0.323 e. The fourth-order valence-electron chi connectivity index (χ4n) is 2.62. The van der Waals surface area contributed by atoms with Crippen LogP contribution in [0.2, 0.25) is 0 Å². The van der Waals surface area contributed by atoms with Crippen LogP contribution < -0.4 is 5.32 Å². The van der Waals surface area contributed by atoms with Crippen LogP contribution in [0.5, 0.6) is 0 Å². The van der Waals surface area contributed by atoms with E-state index in [1.165, 1.54) is 25.7 Å². The van der Waals surface area contributed by atoms with E-state index in [2.05, 4.69) is 12.2 Å². The second-order valence-electron chi connectivity index (χ2n) is 5.68. The van der Waals surface area contributed by atoms with Crippen molar-refractivity contribution in [3.05, 3.63) is 0 Å². The lowest BCUT2D eigenvalue weighted by molar-refractivity contribution is -0.144. The van der Waals surface area contributed by atoms with Crippen LogP contribution in [0, 0.1) is 5.92 Å². The molecular weight excluding hydrogens is 246 g/mol. The van der Waals surface area contributed by atoms with Crippen molar-refractivity contribution in [2.24, 2.45) is 5.92 Å². The summed E-state index contributed by atoms with van der Waals surface area (Å²) >= 11 is 1.97. The quantitative estimate of drug-likeness (QED) is 0.748. The number of carbonyl (C=O) groups is 1. The number of thioether (sulfide) groups is 1. The van der Waals surface area contributed by atoms with Gasteiger partial charge in [0.15, 0.2) is 0 Å². The Morgan fingerprint density at radius 1 is 1.50 bits per heavy atom. The van der Waals surface area contributed by atoms with E-state index in [4.69, 9.17) is 0 Å². The molecule has 0 spiro atoms. The van der Waals surface area contributed by atoms with Gasteiger partial charge in [0, 0.05) is 5.25 Å². The minimum atomic E-state index is -0.762. The average molecular weight is 273 g/mol. The molecule has 0 radical (unpaired) electrons. The average Bonchev–Trinajstić information content (AvgIpc) is 2.29. The molecule has 1 rings (SSSR count). The van der Waals surface area contributed by atoms with Crippen LogP contribution in [0.1, 0.15) is 52.9 Å². The van der Waals surface area contributed by atoms with Crippen molar-refractivity contribution < 1.29 is 9.90 Å². The Labute approximate surface area is 115 Å². The molecule has 0 saturated heterocycles. The van der Waals surface area contributed by atoms with Crippen LogP contribution in [-0.4, -0.2) is 34.2 Å². The molecule has 0 aliphatic heterocycles. The molecule has 4 heteroatoms. The summed E-state index contributed by atoms with van der Waals surface area (Å²) in [6, 6.07) is 0. The van der Waals surface area contributed by atoms with Gasteiger partial charge < -0.3 is 10.4 Å². The van der Waals surface area contributed by atoms with E-state index in [0.29, 0.717) is 13.0 Å². The van der Waals surface area contributed by atoms with Gasteiger partial charge in [0.25, 0.3) is 0 Å². The highest BCUT2D eigenvalue weighted by Crippen LogP contribution is 2.32. The molecule has 3 unspecified atom stereocenters. The van der Waals surface area contributed by atoms with E-state index in [9.17, 15) is 9.90 Å². The molecule has 18 heavy (non-hydrogen) atoms. The topological polar surface area (TPSA) is 49.3 Å². The predicted octanol–water partition coefficient (Wildman–Crippen LogP) is 3.14. The molecule has 3 nitrogen and oxygen atoms in total. The number of aliphatic carboxylic acids is 1. The van der Waals surface area contributed by atoms with Gasteiger partial charge in [0.2, 0.25) is 0 Å². The van der Waals surface area contributed by atoms with E-state index in [-0.39, 0.29) is 0 Å². The Morgan fingerprint density at radius 2 is 2.22 bits per heavy atom. The van der Waals surface area contributed by atoms with E-state index >= 15 is 0 Å². The van der Waals surface area contributed by atoms with Crippen LogP contribution in [0.25, 0.3) is 0 Å². The van der Waals surface area contributed by atoms with Crippen LogP contribution in [0.15, 0.2) is 0 Å². The third-order valence-electron chi connectivity index (χ3n) is 3.88. The first kappa shape index (κ1) is 15.8. The zero-order valence-corrected chi connectivity index (χ0v) is 12.7. The molecule has 2 N–H and O–H groups in total. The summed E-state index contributed by atoms with van der Waals surface area (Å²) in [6.45, 7) is 6.78. The molecule has 1 fully saturated rings. The second kappa shape index (κ2) is 7.39. The molecular formula is C14H27NO2S. The van der Waals surface area contributed by atoms with Crippen molar-refractivity contribution >= 4 is 17.7 Å². The summed E-state index contributed by atoms with van der Waals surface area (Å²) in [6.07, 6.45) is 6.00. The predicted molar refractivity (Wildman–Crippen MR) is 78.2 cm³/mol. The summed E-state index contributed by atoms with van der Waals surface area (Å²) in [7, 11) is 0. The highest BCUT2D eigenvalue weighted by molar-refractivity contribution is 7.99. The number of hydrogen-bond donors (Lipinski definition) is 2. The van der Waals surface area contributed by atoms with E-state index in [0.717, 1.165) is 16.9 Å². The standard InChI is InChI=1S/C14H27NO2S/c1-4-15-14(3,13(16)17)8-9-18-12-7-5-6-11(2)10-12/h11-12,15H,4-10H2,1-3H3,(H,16,17). The second-order valence-corrected chi connectivity index (χ2v) is 7.09. The molecule has 0 aromatic carbocycles. The zero-order valence-electron chi connectivity index (χ0n) is 11.9. The Balaban J connectivity index is 2.32. The number of carboxylic acid groups (broad SMARTS) is 1. The lowest BCUT2D eigenvalue weighted by Gasteiger charge is -2.29. The van der Waals surface area contributed by atoms with Crippen LogP contribution in [0.4, 0.5) is 0 Å². The van der Waals surface area contributed by atoms with Gasteiger partial charge in [-0.15, -0.1) is 0 Å². The van der Waals surface area contributed by atoms with Gasteiger partial charge >= 0.3 is 5.97 Å². The van der Waals surface area contributed by atoms with Crippen molar-refractivity contribution in [2.45, 2.75) is 63.7 Å². The third-order valence-corrected chi connectivity index (χ3v) is 5.22. The first-order chi connectivity index (χ1) is 8.48. The van der Waals surface area contributed by atoms with Crippen molar-refractivity contribution in [1.29, 1.82) is 0 Å². The Hall–Kier alpha value is -0.220. The summed E-state index contributed by atoms with van der Waals surface area (Å²) in [5.74, 6) is 1.05. The zero-order chi connectivity index (χ0) is 13.6. The molecule has 1 aliphatic rings. The van der Waals surface area contributed by atoms with Gasteiger partial charge in [0.1, 0.15) is 5.54 Å². The van der Waals surface area contributed by atoms with E-state index in [1.54, 1.807) is 6.92 Å². The lowest BCUT2D eigenvalue weighted by Crippen LogP contribution is -2.49. The Bertz CT molecular complexity index is 273.